The molecule has 1 amide bonds. The minimum absolute atomic E-state index is 0.0435. The van der Waals surface area contributed by atoms with Crippen molar-refractivity contribution < 1.29 is 18.3 Å². The Morgan fingerprint density at radius 3 is 2.46 bits per heavy atom. The Bertz CT molecular complexity index is 1580. The van der Waals surface area contributed by atoms with Crippen LogP contribution in [0.2, 0.25) is 0 Å². The number of nitrogens with zero attached hydrogens (tertiary/aromatic N) is 1. The summed E-state index contributed by atoms with van der Waals surface area (Å²) in [5.74, 6) is -0.502. The predicted molar refractivity (Wildman–Crippen MR) is 138 cm³/mol. The van der Waals surface area contributed by atoms with E-state index in [0.29, 0.717) is 22.3 Å². The second kappa shape index (κ2) is 9.60. The fraction of sp³-hybridized carbons (Fsp3) is 0.111. The van der Waals surface area contributed by atoms with Crippen molar-refractivity contribution in [3.05, 3.63) is 101 Å². The van der Waals surface area contributed by atoms with Crippen molar-refractivity contribution in [3.8, 4) is 5.75 Å². The van der Waals surface area contributed by atoms with E-state index >= 15 is 0 Å². The van der Waals surface area contributed by atoms with Crippen LogP contribution in [0.3, 0.4) is 0 Å². The molecular formula is C27H25N3O4S. The minimum atomic E-state index is -3.90. The summed E-state index contributed by atoms with van der Waals surface area (Å²) in [4.78, 5) is 12.7. The quantitative estimate of drug-likeness (QED) is 0.259. The van der Waals surface area contributed by atoms with Gasteiger partial charge in [0.15, 0.2) is 0 Å². The molecule has 0 radical (unpaired) electrons. The molecule has 7 nitrogen and oxygen atoms in total. The van der Waals surface area contributed by atoms with E-state index < -0.39 is 15.9 Å². The number of hydrogen-bond donors (Lipinski definition) is 3. The molecule has 0 aliphatic rings. The number of aryl methyl sites for hydroxylation is 2. The third kappa shape index (κ3) is 5.17. The third-order valence-corrected chi connectivity index (χ3v) is 7.01. The van der Waals surface area contributed by atoms with E-state index in [1.807, 2.05) is 50.2 Å². The largest absolute Gasteiger partial charge is 0.507 e. The summed E-state index contributed by atoms with van der Waals surface area (Å²) in [7, 11) is -3.90. The highest BCUT2D eigenvalue weighted by atomic mass is 32.2. The molecule has 0 saturated carbocycles. The van der Waals surface area contributed by atoms with E-state index in [2.05, 4.69) is 15.2 Å². The standard InChI is InChI=1S/C27H25N3O4S/c1-17-11-14-25(18(2)15-17)30-35(33,34)22-9-6-8-21(16-22)27(32)29-28-19(3)23-13-12-20-7-4-5-10-24(20)26(23)31/h4-16,30-31H,1-3H3,(H,29,32)/b28-19+. The van der Waals surface area contributed by atoms with Gasteiger partial charge in [0.25, 0.3) is 15.9 Å². The Morgan fingerprint density at radius 1 is 0.914 bits per heavy atom. The molecule has 0 aliphatic heterocycles. The molecule has 0 fully saturated rings. The molecule has 0 atom stereocenters. The van der Waals surface area contributed by atoms with E-state index in [1.54, 1.807) is 25.1 Å². The van der Waals surface area contributed by atoms with Crippen molar-refractivity contribution in [2.45, 2.75) is 25.7 Å². The van der Waals surface area contributed by atoms with Gasteiger partial charge in [0.05, 0.1) is 16.3 Å². The fourth-order valence-electron chi connectivity index (χ4n) is 3.74. The van der Waals surface area contributed by atoms with Crippen molar-refractivity contribution >= 4 is 38.1 Å². The van der Waals surface area contributed by atoms with Crippen molar-refractivity contribution in [2.75, 3.05) is 4.72 Å². The monoisotopic (exact) mass is 487 g/mol. The molecule has 0 aromatic heterocycles. The number of fused-ring (bicyclic) bond motifs is 1. The van der Waals surface area contributed by atoms with Gasteiger partial charge in [0.1, 0.15) is 5.75 Å². The third-order valence-electron chi connectivity index (χ3n) is 5.65. The average Bonchev–Trinajstić information content (AvgIpc) is 2.84. The lowest BCUT2D eigenvalue weighted by Crippen LogP contribution is -2.20. The topological polar surface area (TPSA) is 108 Å². The summed E-state index contributed by atoms with van der Waals surface area (Å²) in [6, 6.07) is 22.1. The maximum atomic E-state index is 12.9. The van der Waals surface area contributed by atoms with Crippen LogP contribution in [0.1, 0.15) is 34.0 Å². The fourth-order valence-corrected chi connectivity index (χ4v) is 4.92. The number of carbonyl (C=O) groups is 1. The first kappa shape index (κ1) is 24.0. The van der Waals surface area contributed by atoms with Crippen molar-refractivity contribution in [1.82, 2.24) is 5.43 Å². The molecule has 4 aromatic rings. The number of nitrogens with one attached hydrogen (secondary N) is 2. The number of aromatic hydroxyl groups is 1. The predicted octanol–water partition coefficient (Wildman–Crippen LogP) is 5.12. The van der Waals surface area contributed by atoms with Crippen LogP contribution in [0, 0.1) is 13.8 Å². The number of benzene rings is 4. The van der Waals surface area contributed by atoms with E-state index in [4.69, 9.17) is 0 Å². The summed E-state index contributed by atoms with van der Waals surface area (Å²) in [6.07, 6.45) is 0. The van der Waals surface area contributed by atoms with E-state index in [-0.39, 0.29) is 16.2 Å². The number of hydrogen-bond acceptors (Lipinski definition) is 5. The van der Waals surface area contributed by atoms with Gasteiger partial charge in [-0.25, -0.2) is 13.8 Å². The van der Waals surface area contributed by atoms with Crippen LogP contribution < -0.4 is 10.1 Å². The zero-order valence-electron chi connectivity index (χ0n) is 19.5. The Balaban J connectivity index is 1.54. The smallest absolute Gasteiger partial charge is 0.271 e. The maximum absolute atomic E-state index is 12.9. The summed E-state index contributed by atoms with van der Waals surface area (Å²) < 4.78 is 28.4. The lowest BCUT2D eigenvalue weighted by Gasteiger charge is -2.12. The summed E-state index contributed by atoms with van der Waals surface area (Å²) in [5, 5.41) is 16.3. The van der Waals surface area contributed by atoms with Crippen molar-refractivity contribution in [3.63, 3.8) is 0 Å². The van der Waals surface area contributed by atoms with Gasteiger partial charge in [-0.2, -0.15) is 5.10 Å². The zero-order valence-corrected chi connectivity index (χ0v) is 20.3. The van der Waals surface area contributed by atoms with Crippen molar-refractivity contribution in [2.24, 2.45) is 5.10 Å². The molecule has 4 aromatic carbocycles. The molecule has 0 bridgehead atoms. The van der Waals surface area contributed by atoms with Crippen LogP contribution in [-0.2, 0) is 10.0 Å². The molecule has 35 heavy (non-hydrogen) atoms. The first-order valence-electron chi connectivity index (χ1n) is 10.9. The van der Waals surface area contributed by atoms with Crippen LogP contribution in [-0.4, -0.2) is 25.1 Å². The molecular weight excluding hydrogens is 462 g/mol. The van der Waals surface area contributed by atoms with Crippen LogP contribution in [0.4, 0.5) is 5.69 Å². The molecule has 0 spiro atoms. The number of phenolic OH excluding ortho intramolecular Hbond substituents is 1. The average molecular weight is 488 g/mol. The minimum Gasteiger partial charge on any atom is -0.507 e. The number of phenols is 1. The molecule has 0 saturated heterocycles. The van der Waals surface area contributed by atoms with Gasteiger partial charge in [-0.1, -0.05) is 54.1 Å². The van der Waals surface area contributed by atoms with Gasteiger partial charge in [0.2, 0.25) is 0 Å². The summed E-state index contributed by atoms with van der Waals surface area (Å²) in [6.45, 7) is 5.42. The molecule has 8 heteroatoms. The molecule has 178 valence electrons. The number of sulfonamides is 1. The van der Waals surface area contributed by atoms with Gasteiger partial charge in [-0.05, 0) is 62.1 Å². The molecule has 0 heterocycles. The van der Waals surface area contributed by atoms with Gasteiger partial charge in [0, 0.05) is 16.5 Å². The Morgan fingerprint density at radius 2 is 1.69 bits per heavy atom. The first-order chi connectivity index (χ1) is 16.7. The van der Waals surface area contributed by atoms with Crippen LogP contribution in [0.25, 0.3) is 10.8 Å². The Hall–Kier alpha value is -4.17. The first-order valence-corrected chi connectivity index (χ1v) is 12.4. The van der Waals surface area contributed by atoms with Crippen LogP contribution in [0.15, 0.2) is 88.9 Å². The highest BCUT2D eigenvalue weighted by Gasteiger charge is 2.18. The van der Waals surface area contributed by atoms with Crippen LogP contribution in [0.5, 0.6) is 5.75 Å². The summed E-state index contributed by atoms with van der Waals surface area (Å²) >= 11 is 0. The highest BCUT2D eigenvalue weighted by Crippen LogP contribution is 2.29. The number of carbonyl (C=O) groups excluding carboxylic acids is 1. The maximum Gasteiger partial charge on any atom is 0.271 e. The van der Waals surface area contributed by atoms with E-state index in [9.17, 15) is 18.3 Å². The Kier molecular flexibility index (Phi) is 6.57. The molecule has 0 unspecified atom stereocenters. The zero-order chi connectivity index (χ0) is 25.2. The van der Waals surface area contributed by atoms with E-state index in [1.165, 1.54) is 24.3 Å². The van der Waals surface area contributed by atoms with Gasteiger partial charge in [-0.15, -0.1) is 0 Å². The molecule has 4 rings (SSSR count). The van der Waals surface area contributed by atoms with Gasteiger partial charge >= 0.3 is 0 Å². The molecule has 0 aliphatic carbocycles. The normalized spacial score (nSPS) is 11.9. The van der Waals surface area contributed by atoms with E-state index in [0.717, 1.165) is 16.5 Å². The van der Waals surface area contributed by atoms with Gasteiger partial charge < -0.3 is 5.11 Å². The lowest BCUT2D eigenvalue weighted by atomic mass is 10.0. The lowest BCUT2D eigenvalue weighted by molar-refractivity contribution is 0.0954. The number of hydrazone groups is 1. The van der Waals surface area contributed by atoms with Crippen molar-refractivity contribution in [1.29, 1.82) is 0 Å². The number of rotatable bonds is 6. The summed E-state index contributed by atoms with van der Waals surface area (Å²) in [5.41, 5.74) is 5.75. The van der Waals surface area contributed by atoms with Crippen LogP contribution >= 0.6 is 0 Å². The number of amides is 1. The number of anilines is 1. The Labute approximate surface area is 204 Å². The van der Waals surface area contributed by atoms with Gasteiger partial charge in [-0.3, -0.25) is 9.52 Å². The molecule has 3 N–H and O–H groups in total. The highest BCUT2D eigenvalue weighted by molar-refractivity contribution is 7.92. The second-order valence-electron chi connectivity index (χ2n) is 8.27. The SMILES string of the molecule is C/C(=N\NC(=O)c1cccc(S(=O)(=O)Nc2ccc(C)cc2C)c1)c1ccc2ccccc2c1O. The second-order valence-corrected chi connectivity index (χ2v) is 9.96.